The summed E-state index contributed by atoms with van der Waals surface area (Å²) in [5, 5.41) is 14.1. The molecule has 0 aliphatic carbocycles. The van der Waals surface area contributed by atoms with Crippen molar-refractivity contribution in [2.24, 2.45) is 4.99 Å². The molecule has 0 amide bonds. The molecule has 0 aliphatic heterocycles. The Balaban J connectivity index is 0.00000338. The van der Waals surface area contributed by atoms with Crippen LogP contribution < -0.4 is 20.1 Å². The van der Waals surface area contributed by atoms with Crippen LogP contribution in [-0.4, -0.2) is 48.0 Å². The molecule has 144 valence electrons. The first-order valence-electron chi connectivity index (χ1n) is 8.37. The van der Waals surface area contributed by atoms with Crippen LogP contribution in [0.5, 0.6) is 11.5 Å². The highest BCUT2D eigenvalue weighted by Crippen LogP contribution is 2.30. The molecule has 0 aliphatic rings. The molecule has 0 bridgehead atoms. The highest BCUT2D eigenvalue weighted by molar-refractivity contribution is 14.0. The van der Waals surface area contributed by atoms with Crippen LogP contribution in [0.25, 0.3) is 0 Å². The Labute approximate surface area is 171 Å². The molecule has 1 heterocycles. The van der Waals surface area contributed by atoms with Gasteiger partial charge in [0.1, 0.15) is 12.7 Å². The van der Waals surface area contributed by atoms with Crippen LogP contribution in [0.3, 0.4) is 0 Å². The van der Waals surface area contributed by atoms with Crippen molar-refractivity contribution in [1.82, 2.24) is 20.1 Å². The second kappa shape index (κ2) is 12.3. The normalized spacial score (nSPS) is 10.8. The number of aliphatic imine (C=N–C) groups is 1. The summed E-state index contributed by atoms with van der Waals surface area (Å²) in [6.07, 6.45) is 5.52. The largest absolute Gasteiger partial charge is 0.493 e. The third-order valence-electron chi connectivity index (χ3n) is 3.55. The van der Waals surface area contributed by atoms with Crippen molar-refractivity contribution in [3.63, 3.8) is 0 Å². The number of methoxy groups -OCH3 is 1. The summed E-state index contributed by atoms with van der Waals surface area (Å²) in [7, 11) is 3.38. The van der Waals surface area contributed by atoms with E-state index in [2.05, 4.69) is 25.8 Å². The zero-order valence-corrected chi connectivity index (χ0v) is 17.8. The summed E-state index contributed by atoms with van der Waals surface area (Å²) in [4.78, 5) is 4.25. The van der Waals surface area contributed by atoms with Crippen LogP contribution >= 0.6 is 24.0 Å². The van der Waals surface area contributed by atoms with Crippen LogP contribution in [-0.2, 0) is 6.54 Å². The van der Waals surface area contributed by atoms with E-state index in [1.165, 1.54) is 0 Å². The van der Waals surface area contributed by atoms with Gasteiger partial charge in [0.25, 0.3) is 0 Å². The molecule has 2 N–H and O–H groups in total. The van der Waals surface area contributed by atoms with Crippen LogP contribution in [0.1, 0.15) is 19.8 Å². The Hall–Kier alpha value is -2.04. The van der Waals surface area contributed by atoms with Gasteiger partial charge < -0.3 is 24.7 Å². The van der Waals surface area contributed by atoms with E-state index in [4.69, 9.17) is 9.47 Å². The van der Waals surface area contributed by atoms with Crippen molar-refractivity contribution in [3.8, 4) is 11.5 Å². The lowest BCUT2D eigenvalue weighted by molar-refractivity contribution is 0.311. The molecule has 1 aromatic heterocycles. The molecular weight excluding hydrogens is 447 g/mol. The molecule has 0 unspecified atom stereocenters. The smallest absolute Gasteiger partial charge is 0.195 e. The number of anilines is 1. The summed E-state index contributed by atoms with van der Waals surface area (Å²) in [6, 6.07) is 5.71. The van der Waals surface area contributed by atoms with Crippen LogP contribution in [0, 0.1) is 0 Å². The van der Waals surface area contributed by atoms with E-state index >= 15 is 0 Å². The lowest BCUT2D eigenvalue weighted by Gasteiger charge is -2.14. The molecule has 0 saturated heterocycles. The number of unbranched alkanes of at least 4 members (excludes halogenated alkanes) is 1. The van der Waals surface area contributed by atoms with E-state index in [0.717, 1.165) is 37.6 Å². The van der Waals surface area contributed by atoms with Gasteiger partial charge in [-0.1, -0.05) is 0 Å². The van der Waals surface area contributed by atoms with Gasteiger partial charge in [0.05, 0.1) is 13.7 Å². The quantitative estimate of drug-likeness (QED) is 0.252. The summed E-state index contributed by atoms with van der Waals surface area (Å²) in [5.41, 5.74) is 0.891. The molecule has 0 spiro atoms. The number of rotatable bonds is 9. The van der Waals surface area contributed by atoms with Gasteiger partial charge in [-0.3, -0.25) is 4.99 Å². The lowest BCUT2D eigenvalue weighted by atomic mass is 10.2. The van der Waals surface area contributed by atoms with E-state index < -0.39 is 0 Å². The number of nitrogens with one attached hydrogen (secondary N) is 2. The highest BCUT2D eigenvalue weighted by atomic mass is 127. The van der Waals surface area contributed by atoms with E-state index in [9.17, 15) is 0 Å². The van der Waals surface area contributed by atoms with Crippen molar-refractivity contribution in [2.45, 2.75) is 26.3 Å². The van der Waals surface area contributed by atoms with Crippen LogP contribution in [0.2, 0.25) is 0 Å². The minimum absolute atomic E-state index is 0. The van der Waals surface area contributed by atoms with E-state index in [-0.39, 0.29) is 24.0 Å². The second-order valence-corrected chi connectivity index (χ2v) is 5.33. The minimum Gasteiger partial charge on any atom is -0.493 e. The molecule has 0 radical (unpaired) electrons. The summed E-state index contributed by atoms with van der Waals surface area (Å²) in [6.45, 7) is 4.27. The number of halogens is 1. The fourth-order valence-electron chi connectivity index (χ4n) is 2.30. The third-order valence-corrected chi connectivity index (χ3v) is 3.55. The summed E-state index contributed by atoms with van der Waals surface area (Å²) < 4.78 is 12.9. The number of ether oxygens (including phenoxy) is 2. The first-order valence-corrected chi connectivity index (χ1v) is 8.37. The van der Waals surface area contributed by atoms with Crippen molar-refractivity contribution >= 4 is 35.6 Å². The molecule has 26 heavy (non-hydrogen) atoms. The Morgan fingerprint density at radius 2 is 1.96 bits per heavy atom. The third kappa shape index (κ3) is 7.06. The minimum atomic E-state index is 0. The number of hydrogen-bond donors (Lipinski definition) is 2. The number of benzene rings is 1. The maximum atomic E-state index is 5.59. The molecular formula is C17H27IN6O2. The van der Waals surface area contributed by atoms with Crippen LogP contribution in [0.15, 0.2) is 35.8 Å². The summed E-state index contributed by atoms with van der Waals surface area (Å²) in [5.74, 6) is 2.14. The number of guanidine groups is 1. The maximum Gasteiger partial charge on any atom is 0.195 e. The molecule has 0 atom stereocenters. The highest BCUT2D eigenvalue weighted by Gasteiger charge is 2.06. The van der Waals surface area contributed by atoms with E-state index in [1.54, 1.807) is 26.8 Å². The predicted molar refractivity (Wildman–Crippen MR) is 114 cm³/mol. The van der Waals surface area contributed by atoms with Crippen molar-refractivity contribution in [3.05, 3.63) is 30.9 Å². The maximum absolute atomic E-state index is 5.59. The topological polar surface area (TPSA) is 85.6 Å². The molecule has 0 saturated carbocycles. The van der Waals surface area contributed by atoms with Crippen molar-refractivity contribution in [2.75, 3.05) is 32.6 Å². The standard InChI is InChI=1S/C17H26N6O2.HI/c1-4-25-16-11-14(7-8-15(16)24-3)22-17(18-2)19-9-5-6-10-23-12-20-21-13-23;/h7-8,11-13H,4-6,9-10H2,1-3H3,(H2,18,19,22);1H. The zero-order valence-electron chi connectivity index (χ0n) is 15.4. The van der Waals surface area contributed by atoms with Gasteiger partial charge in [-0.2, -0.15) is 0 Å². The Morgan fingerprint density at radius 1 is 1.19 bits per heavy atom. The average Bonchev–Trinajstić information content (AvgIpc) is 3.14. The Bertz CT molecular complexity index is 663. The first kappa shape index (κ1) is 22.0. The van der Waals surface area contributed by atoms with Gasteiger partial charge in [0.15, 0.2) is 17.5 Å². The number of aryl methyl sites for hydroxylation is 1. The van der Waals surface area contributed by atoms with Gasteiger partial charge >= 0.3 is 0 Å². The Morgan fingerprint density at radius 3 is 2.62 bits per heavy atom. The molecule has 1 aromatic carbocycles. The van der Waals surface area contributed by atoms with Gasteiger partial charge in [-0.15, -0.1) is 34.2 Å². The van der Waals surface area contributed by atoms with Crippen LogP contribution in [0.4, 0.5) is 5.69 Å². The molecule has 9 heteroatoms. The zero-order chi connectivity index (χ0) is 17.9. The van der Waals surface area contributed by atoms with Gasteiger partial charge in [0, 0.05) is 31.9 Å². The fourth-order valence-corrected chi connectivity index (χ4v) is 2.30. The first-order chi connectivity index (χ1) is 12.3. The second-order valence-electron chi connectivity index (χ2n) is 5.33. The lowest BCUT2D eigenvalue weighted by Crippen LogP contribution is -2.31. The predicted octanol–water partition coefficient (Wildman–Crippen LogP) is 2.77. The average molecular weight is 474 g/mol. The monoisotopic (exact) mass is 474 g/mol. The van der Waals surface area contributed by atoms with E-state index in [1.807, 2.05) is 29.7 Å². The van der Waals surface area contributed by atoms with E-state index in [0.29, 0.717) is 18.1 Å². The Kier molecular flexibility index (Phi) is 10.4. The molecule has 8 nitrogen and oxygen atoms in total. The number of hydrogen-bond acceptors (Lipinski definition) is 5. The van der Waals surface area contributed by atoms with Crippen molar-refractivity contribution in [1.29, 1.82) is 0 Å². The van der Waals surface area contributed by atoms with Gasteiger partial charge in [-0.25, -0.2) is 0 Å². The molecule has 0 fully saturated rings. The number of aromatic nitrogens is 3. The van der Waals surface area contributed by atoms with Gasteiger partial charge in [0.2, 0.25) is 0 Å². The summed E-state index contributed by atoms with van der Waals surface area (Å²) >= 11 is 0. The number of nitrogens with zero attached hydrogens (tertiary/aromatic N) is 4. The molecule has 2 aromatic rings. The van der Waals surface area contributed by atoms with Crippen molar-refractivity contribution < 1.29 is 9.47 Å². The SMILES string of the molecule is CCOc1cc(NC(=NC)NCCCCn2cnnc2)ccc1OC.I. The molecule has 2 rings (SSSR count). The fraction of sp³-hybridized carbons (Fsp3) is 0.471. The van der Waals surface area contributed by atoms with Gasteiger partial charge in [-0.05, 0) is 31.9 Å².